The quantitative estimate of drug-likeness (QED) is 0.893. The van der Waals surface area contributed by atoms with E-state index < -0.39 is 17.7 Å². The van der Waals surface area contributed by atoms with Crippen LogP contribution in [0.25, 0.3) is 0 Å². The van der Waals surface area contributed by atoms with E-state index in [4.69, 9.17) is 15.2 Å². The molecule has 0 saturated carbocycles. The Morgan fingerprint density at radius 3 is 2.67 bits per heavy atom. The van der Waals surface area contributed by atoms with Gasteiger partial charge in [0.25, 0.3) is 6.43 Å². The largest absolute Gasteiger partial charge is 0.396 e. The molecule has 0 atom stereocenters. The van der Waals surface area contributed by atoms with E-state index in [2.05, 4.69) is 9.97 Å². The standard InChI is InChI=1S/C11H15F2N3O2/c1-17-11(2-4-18-5-3-11)10-15-6-7(14)8(16-10)9(12)13/h6,9H,2-5,14H2,1H3. The lowest BCUT2D eigenvalue weighted by atomic mass is 9.93. The first-order valence-corrected chi connectivity index (χ1v) is 5.63. The second kappa shape index (κ2) is 5.11. The molecule has 0 bridgehead atoms. The molecule has 0 unspecified atom stereocenters. The van der Waals surface area contributed by atoms with Gasteiger partial charge in [-0.2, -0.15) is 0 Å². The highest BCUT2D eigenvalue weighted by Gasteiger charge is 2.38. The molecule has 2 rings (SSSR count). The van der Waals surface area contributed by atoms with E-state index in [1.54, 1.807) is 0 Å². The second-order valence-corrected chi connectivity index (χ2v) is 4.15. The van der Waals surface area contributed by atoms with Gasteiger partial charge in [-0.15, -0.1) is 0 Å². The summed E-state index contributed by atoms with van der Waals surface area (Å²) in [6.07, 6.45) is -0.438. The number of alkyl halides is 2. The van der Waals surface area contributed by atoms with Gasteiger partial charge in [-0.3, -0.25) is 0 Å². The minimum absolute atomic E-state index is 0.105. The van der Waals surface area contributed by atoms with Gasteiger partial charge in [-0.1, -0.05) is 0 Å². The van der Waals surface area contributed by atoms with E-state index >= 15 is 0 Å². The molecule has 18 heavy (non-hydrogen) atoms. The average molecular weight is 259 g/mol. The van der Waals surface area contributed by atoms with E-state index in [0.717, 1.165) is 0 Å². The maximum Gasteiger partial charge on any atom is 0.282 e. The molecular formula is C11H15F2N3O2. The molecule has 1 aliphatic heterocycles. The van der Waals surface area contributed by atoms with Crippen LogP contribution in [0.2, 0.25) is 0 Å². The molecule has 0 aromatic carbocycles. The molecule has 100 valence electrons. The van der Waals surface area contributed by atoms with Crippen LogP contribution in [-0.4, -0.2) is 30.3 Å². The van der Waals surface area contributed by atoms with E-state index in [1.807, 2.05) is 0 Å². The Kier molecular flexibility index (Phi) is 3.72. The molecule has 1 aromatic heterocycles. The van der Waals surface area contributed by atoms with Crippen LogP contribution in [0.1, 0.15) is 30.8 Å². The van der Waals surface area contributed by atoms with Crippen molar-refractivity contribution in [2.75, 3.05) is 26.1 Å². The number of hydrogen-bond acceptors (Lipinski definition) is 5. The number of rotatable bonds is 3. The summed E-state index contributed by atoms with van der Waals surface area (Å²) < 4.78 is 36.2. The lowest BCUT2D eigenvalue weighted by Gasteiger charge is -2.34. The summed E-state index contributed by atoms with van der Waals surface area (Å²) >= 11 is 0. The van der Waals surface area contributed by atoms with Crippen molar-refractivity contribution in [3.05, 3.63) is 17.7 Å². The van der Waals surface area contributed by atoms with E-state index in [9.17, 15) is 8.78 Å². The SMILES string of the molecule is COC1(c2ncc(N)c(C(F)F)n2)CCOCC1. The Morgan fingerprint density at radius 2 is 2.11 bits per heavy atom. The molecule has 0 radical (unpaired) electrons. The summed E-state index contributed by atoms with van der Waals surface area (Å²) in [4.78, 5) is 7.91. The highest BCUT2D eigenvalue weighted by molar-refractivity contribution is 5.41. The minimum Gasteiger partial charge on any atom is -0.396 e. The Labute approximate surface area is 103 Å². The molecule has 2 heterocycles. The van der Waals surface area contributed by atoms with Gasteiger partial charge in [0.15, 0.2) is 5.82 Å². The lowest BCUT2D eigenvalue weighted by molar-refractivity contribution is -0.100. The first-order chi connectivity index (χ1) is 8.59. The number of nitrogens with two attached hydrogens (primary N) is 1. The van der Waals surface area contributed by atoms with Crippen molar-refractivity contribution in [1.29, 1.82) is 0 Å². The van der Waals surface area contributed by atoms with E-state index in [1.165, 1.54) is 13.3 Å². The van der Waals surface area contributed by atoms with Crippen molar-refractivity contribution < 1.29 is 18.3 Å². The zero-order chi connectivity index (χ0) is 13.2. The fourth-order valence-corrected chi connectivity index (χ4v) is 2.02. The van der Waals surface area contributed by atoms with Crippen LogP contribution in [-0.2, 0) is 15.1 Å². The van der Waals surface area contributed by atoms with Gasteiger partial charge in [0.2, 0.25) is 0 Å². The van der Waals surface area contributed by atoms with Crippen molar-refractivity contribution >= 4 is 5.69 Å². The normalized spacial score (nSPS) is 19.1. The third-order valence-corrected chi connectivity index (χ3v) is 3.15. The van der Waals surface area contributed by atoms with Crippen molar-refractivity contribution in [1.82, 2.24) is 9.97 Å². The molecule has 1 fully saturated rings. The Hall–Kier alpha value is -1.34. The number of halogens is 2. The number of hydrogen-bond donors (Lipinski definition) is 1. The smallest absolute Gasteiger partial charge is 0.282 e. The highest BCUT2D eigenvalue weighted by Crippen LogP contribution is 2.34. The van der Waals surface area contributed by atoms with Crippen molar-refractivity contribution in [3.8, 4) is 0 Å². The summed E-state index contributed by atoms with van der Waals surface area (Å²) in [5, 5.41) is 0. The molecule has 1 saturated heterocycles. The second-order valence-electron chi connectivity index (χ2n) is 4.15. The summed E-state index contributed by atoms with van der Waals surface area (Å²) in [6, 6.07) is 0. The van der Waals surface area contributed by atoms with Crippen molar-refractivity contribution in [2.24, 2.45) is 0 Å². The zero-order valence-electron chi connectivity index (χ0n) is 10.0. The maximum absolute atomic E-state index is 12.8. The van der Waals surface area contributed by atoms with Crippen LogP contribution in [0.3, 0.4) is 0 Å². The number of anilines is 1. The number of ether oxygens (including phenoxy) is 2. The fraction of sp³-hybridized carbons (Fsp3) is 0.636. The van der Waals surface area contributed by atoms with Crippen LogP contribution in [0.15, 0.2) is 6.20 Å². The summed E-state index contributed by atoms with van der Waals surface area (Å²) in [5.41, 5.74) is 4.13. The van der Waals surface area contributed by atoms with Crippen LogP contribution in [0, 0.1) is 0 Å². The average Bonchev–Trinajstić information content (AvgIpc) is 2.39. The van der Waals surface area contributed by atoms with Gasteiger partial charge < -0.3 is 15.2 Å². The first-order valence-electron chi connectivity index (χ1n) is 5.63. The zero-order valence-corrected chi connectivity index (χ0v) is 10.0. The molecule has 0 spiro atoms. The fourth-order valence-electron chi connectivity index (χ4n) is 2.02. The summed E-state index contributed by atoms with van der Waals surface area (Å²) in [5.74, 6) is 0.248. The Bertz CT molecular complexity index is 423. The molecule has 5 nitrogen and oxygen atoms in total. The van der Waals surface area contributed by atoms with Gasteiger partial charge in [-0.25, -0.2) is 18.7 Å². The van der Waals surface area contributed by atoms with Crippen LogP contribution >= 0.6 is 0 Å². The highest BCUT2D eigenvalue weighted by atomic mass is 19.3. The topological polar surface area (TPSA) is 70.3 Å². The number of nitrogen functional groups attached to an aromatic ring is 1. The molecule has 0 aliphatic carbocycles. The Morgan fingerprint density at radius 1 is 1.44 bits per heavy atom. The number of methoxy groups -OCH3 is 1. The lowest BCUT2D eigenvalue weighted by Crippen LogP contribution is -2.37. The van der Waals surface area contributed by atoms with Gasteiger partial charge in [0, 0.05) is 33.2 Å². The van der Waals surface area contributed by atoms with Gasteiger partial charge in [0.05, 0.1) is 11.9 Å². The Balaban J connectivity index is 2.39. The van der Waals surface area contributed by atoms with Crippen molar-refractivity contribution in [3.63, 3.8) is 0 Å². The maximum atomic E-state index is 12.8. The molecular weight excluding hydrogens is 244 g/mol. The summed E-state index contributed by atoms with van der Waals surface area (Å²) in [7, 11) is 1.52. The van der Waals surface area contributed by atoms with Gasteiger partial charge in [0.1, 0.15) is 11.3 Å². The molecule has 1 aliphatic rings. The predicted octanol–water partition coefficient (Wildman–Crippen LogP) is 1.65. The van der Waals surface area contributed by atoms with Gasteiger partial charge in [-0.05, 0) is 0 Å². The molecule has 7 heteroatoms. The summed E-state index contributed by atoms with van der Waals surface area (Å²) in [6.45, 7) is 0.983. The first kappa shape index (κ1) is 13.1. The van der Waals surface area contributed by atoms with Crippen LogP contribution in [0.4, 0.5) is 14.5 Å². The van der Waals surface area contributed by atoms with E-state index in [-0.39, 0.29) is 11.5 Å². The molecule has 2 N–H and O–H groups in total. The van der Waals surface area contributed by atoms with Gasteiger partial charge >= 0.3 is 0 Å². The predicted molar refractivity (Wildman–Crippen MR) is 60.1 cm³/mol. The third-order valence-electron chi connectivity index (χ3n) is 3.15. The van der Waals surface area contributed by atoms with Crippen LogP contribution < -0.4 is 5.73 Å². The molecule has 0 amide bonds. The molecule has 1 aromatic rings. The number of nitrogens with zero attached hydrogens (tertiary/aromatic N) is 2. The third kappa shape index (κ3) is 2.28. The monoisotopic (exact) mass is 259 g/mol. The number of aromatic nitrogens is 2. The van der Waals surface area contributed by atoms with Crippen molar-refractivity contribution in [2.45, 2.75) is 24.9 Å². The minimum atomic E-state index is -2.72. The van der Waals surface area contributed by atoms with E-state index in [0.29, 0.717) is 26.1 Å². The van der Waals surface area contributed by atoms with Crippen LogP contribution in [0.5, 0.6) is 0 Å².